The van der Waals surface area contributed by atoms with Gasteiger partial charge in [0.05, 0.1) is 6.54 Å². The number of carbonyl (C=O) groups excluding carboxylic acids is 1. The quantitative estimate of drug-likeness (QED) is 0.758. The first kappa shape index (κ1) is 21.6. The molecule has 5 nitrogen and oxygen atoms in total. The number of hydrogen-bond donors (Lipinski definition) is 1. The van der Waals surface area contributed by atoms with Crippen LogP contribution in [-0.4, -0.2) is 67.9 Å². The van der Waals surface area contributed by atoms with Crippen LogP contribution in [0, 0.1) is 0 Å². The van der Waals surface area contributed by atoms with Crippen molar-refractivity contribution in [2.24, 2.45) is 0 Å². The molecule has 2 aromatic carbocycles. The van der Waals surface area contributed by atoms with Gasteiger partial charge in [-0.3, -0.25) is 4.79 Å². The van der Waals surface area contributed by atoms with Crippen LogP contribution in [0.15, 0.2) is 48.5 Å². The van der Waals surface area contributed by atoms with Crippen LogP contribution in [0.25, 0.3) is 11.1 Å². The van der Waals surface area contributed by atoms with E-state index in [0.29, 0.717) is 18.5 Å². The third kappa shape index (κ3) is 5.77. The lowest BCUT2D eigenvalue weighted by molar-refractivity contribution is -0.274. The summed E-state index contributed by atoms with van der Waals surface area (Å²) in [4.78, 5) is 16.5. The second-order valence-corrected chi connectivity index (χ2v) is 8.21. The van der Waals surface area contributed by atoms with Gasteiger partial charge in [0.1, 0.15) is 5.75 Å². The second kappa shape index (κ2) is 8.88. The lowest BCUT2D eigenvalue weighted by Crippen LogP contribution is -2.49. The molecule has 2 atom stereocenters. The molecule has 166 valence electrons. The smallest absolute Gasteiger partial charge is 0.406 e. The van der Waals surface area contributed by atoms with Crippen LogP contribution in [0.1, 0.15) is 17.9 Å². The fourth-order valence-electron chi connectivity index (χ4n) is 3.95. The van der Waals surface area contributed by atoms with E-state index in [-0.39, 0.29) is 11.7 Å². The number of carbonyl (C=O) groups is 1. The van der Waals surface area contributed by atoms with Gasteiger partial charge in [-0.2, -0.15) is 0 Å². The molecule has 1 saturated carbocycles. The summed E-state index contributed by atoms with van der Waals surface area (Å²) >= 11 is 0. The fourth-order valence-corrected chi connectivity index (χ4v) is 3.95. The SMILES string of the molecule is CN1CCN(C(=O)CNC2CC2c2ccc(-c3ccc(OC(F)(F)F)cc3)cc2)CC1. The minimum Gasteiger partial charge on any atom is -0.406 e. The largest absolute Gasteiger partial charge is 0.573 e. The molecule has 31 heavy (non-hydrogen) atoms. The number of amides is 1. The lowest BCUT2D eigenvalue weighted by Gasteiger charge is -2.32. The average Bonchev–Trinajstić information content (AvgIpc) is 3.52. The Kier molecular flexibility index (Phi) is 6.20. The maximum Gasteiger partial charge on any atom is 0.573 e. The molecule has 0 bridgehead atoms. The summed E-state index contributed by atoms with van der Waals surface area (Å²) in [6.07, 6.45) is -3.69. The first-order chi connectivity index (χ1) is 14.8. The van der Waals surface area contributed by atoms with Gasteiger partial charge in [-0.1, -0.05) is 36.4 Å². The zero-order valence-corrected chi connectivity index (χ0v) is 17.4. The van der Waals surface area contributed by atoms with Crippen molar-refractivity contribution in [2.75, 3.05) is 39.8 Å². The Morgan fingerprint density at radius 2 is 1.58 bits per heavy atom. The van der Waals surface area contributed by atoms with E-state index in [2.05, 4.69) is 22.0 Å². The zero-order chi connectivity index (χ0) is 22.0. The highest BCUT2D eigenvalue weighted by atomic mass is 19.4. The predicted molar refractivity (Wildman–Crippen MR) is 112 cm³/mol. The van der Waals surface area contributed by atoms with E-state index < -0.39 is 6.36 Å². The summed E-state index contributed by atoms with van der Waals surface area (Å²) in [6, 6.07) is 14.2. The molecule has 1 heterocycles. The summed E-state index contributed by atoms with van der Waals surface area (Å²) in [5.41, 5.74) is 2.95. The number of ether oxygens (including phenoxy) is 1. The lowest BCUT2D eigenvalue weighted by atomic mass is 10.0. The third-order valence-corrected chi connectivity index (χ3v) is 5.92. The highest BCUT2D eigenvalue weighted by Gasteiger charge is 2.38. The number of alkyl halides is 3. The number of halogens is 3. The number of piperazine rings is 1. The summed E-state index contributed by atoms with van der Waals surface area (Å²) in [7, 11) is 2.07. The molecule has 4 rings (SSSR count). The molecule has 0 radical (unpaired) electrons. The summed E-state index contributed by atoms with van der Waals surface area (Å²) < 4.78 is 40.8. The molecular formula is C23H26F3N3O2. The van der Waals surface area contributed by atoms with Crippen LogP contribution in [0.5, 0.6) is 5.75 Å². The zero-order valence-electron chi connectivity index (χ0n) is 17.4. The molecule has 2 unspecified atom stereocenters. The maximum absolute atomic E-state index is 12.4. The van der Waals surface area contributed by atoms with E-state index in [9.17, 15) is 18.0 Å². The van der Waals surface area contributed by atoms with Crippen LogP contribution in [0.2, 0.25) is 0 Å². The van der Waals surface area contributed by atoms with Gasteiger partial charge >= 0.3 is 6.36 Å². The minimum atomic E-state index is -4.69. The van der Waals surface area contributed by atoms with E-state index in [4.69, 9.17) is 0 Å². The Hall–Kier alpha value is -2.58. The van der Waals surface area contributed by atoms with Gasteiger partial charge in [-0.25, -0.2) is 0 Å². The van der Waals surface area contributed by atoms with Crippen molar-refractivity contribution in [2.45, 2.75) is 24.7 Å². The Morgan fingerprint density at radius 3 is 2.16 bits per heavy atom. The van der Waals surface area contributed by atoms with Crippen molar-refractivity contribution >= 4 is 5.91 Å². The molecule has 1 aliphatic heterocycles. The van der Waals surface area contributed by atoms with E-state index in [1.54, 1.807) is 12.1 Å². The number of benzene rings is 2. The number of likely N-dealkylation sites (N-methyl/N-ethyl adjacent to an activating group) is 1. The standard InChI is InChI=1S/C23H26F3N3O2/c1-28-10-12-29(13-11-28)22(30)15-27-21-14-20(21)18-4-2-16(3-5-18)17-6-8-19(9-7-17)31-23(24,25)26/h2-9,20-21,27H,10-15H2,1H3. The summed E-state index contributed by atoms with van der Waals surface area (Å²) in [5, 5.41) is 3.37. The van der Waals surface area contributed by atoms with E-state index in [0.717, 1.165) is 43.7 Å². The molecule has 1 amide bonds. The Balaban J connectivity index is 1.27. The van der Waals surface area contributed by atoms with Crippen molar-refractivity contribution in [1.29, 1.82) is 0 Å². The highest BCUT2D eigenvalue weighted by molar-refractivity contribution is 5.78. The molecule has 8 heteroatoms. The van der Waals surface area contributed by atoms with Gasteiger partial charge in [0.15, 0.2) is 0 Å². The van der Waals surface area contributed by atoms with Gasteiger partial charge in [-0.05, 0) is 42.3 Å². The normalized spacial score (nSPS) is 21.7. The van der Waals surface area contributed by atoms with Crippen molar-refractivity contribution < 1.29 is 22.7 Å². The molecule has 1 saturated heterocycles. The molecule has 2 aromatic rings. The van der Waals surface area contributed by atoms with Gasteiger partial charge in [0.2, 0.25) is 5.91 Å². The van der Waals surface area contributed by atoms with Crippen LogP contribution < -0.4 is 10.1 Å². The van der Waals surface area contributed by atoms with Crippen LogP contribution in [0.3, 0.4) is 0 Å². The Labute approximate surface area is 179 Å². The highest BCUT2D eigenvalue weighted by Crippen LogP contribution is 2.41. The van der Waals surface area contributed by atoms with Gasteiger partial charge in [-0.15, -0.1) is 13.2 Å². The first-order valence-corrected chi connectivity index (χ1v) is 10.4. The number of hydrogen-bond acceptors (Lipinski definition) is 4. The van der Waals surface area contributed by atoms with Crippen LogP contribution in [0.4, 0.5) is 13.2 Å². The number of nitrogens with zero attached hydrogens (tertiary/aromatic N) is 2. The van der Waals surface area contributed by atoms with Crippen molar-refractivity contribution in [3.05, 3.63) is 54.1 Å². The van der Waals surface area contributed by atoms with Gasteiger partial charge in [0.25, 0.3) is 0 Å². The van der Waals surface area contributed by atoms with Crippen molar-refractivity contribution in [1.82, 2.24) is 15.1 Å². The molecule has 0 spiro atoms. The second-order valence-electron chi connectivity index (χ2n) is 8.21. The Morgan fingerprint density at radius 1 is 1.00 bits per heavy atom. The predicted octanol–water partition coefficient (Wildman–Crippen LogP) is 3.47. The molecule has 1 N–H and O–H groups in total. The van der Waals surface area contributed by atoms with Gasteiger partial charge < -0.3 is 19.9 Å². The van der Waals surface area contributed by atoms with Crippen molar-refractivity contribution in [3.8, 4) is 16.9 Å². The number of rotatable bonds is 6. The summed E-state index contributed by atoms with van der Waals surface area (Å²) in [6.45, 7) is 3.78. The fraction of sp³-hybridized carbons (Fsp3) is 0.435. The molecule has 2 aliphatic rings. The molecule has 0 aromatic heterocycles. The molecule has 1 aliphatic carbocycles. The topological polar surface area (TPSA) is 44.8 Å². The van der Waals surface area contributed by atoms with Crippen LogP contribution >= 0.6 is 0 Å². The minimum absolute atomic E-state index is 0.159. The average molecular weight is 433 g/mol. The van der Waals surface area contributed by atoms with Gasteiger partial charge in [0, 0.05) is 38.1 Å². The molecule has 2 fully saturated rings. The van der Waals surface area contributed by atoms with E-state index in [1.165, 1.54) is 17.7 Å². The number of nitrogens with one attached hydrogen (secondary N) is 1. The third-order valence-electron chi connectivity index (χ3n) is 5.92. The van der Waals surface area contributed by atoms with Crippen molar-refractivity contribution in [3.63, 3.8) is 0 Å². The Bertz CT molecular complexity index is 892. The first-order valence-electron chi connectivity index (χ1n) is 10.4. The summed E-state index contributed by atoms with van der Waals surface area (Å²) in [5.74, 6) is 0.315. The molecular weight excluding hydrogens is 407 g/mol. The van der Waals surface area contributed by atoms with E-state index in [1.807, 2.05) is 29.2 Å². The van der Waals surface area contributed by atoms with Crippen LogP contribution in [-0.2, 0) is 4.79 Å². The maximum atomic E-state index is 12.4. The monoisotopic (exact) mass is 433 g/mol. The van der Waals surface area contributed by atoms with E-state index >= 15 is 0 Å².